The Morgan fingerprint density at radius 2 is 1.61 bits per heavy atom. The van der Waals surface area contributed by atoms with Crippen LogP contribution in [0.15, 0.2) is 71.6 Å². The third-order valence-electron chi connectivity index (χ3n) is 5.90. The van der Waals surface area contributed by atoms with Crippen molar-refractivity contribution in [2.24, 2.45) is 0 Å². The SMILES string of the molecule is CCCCNC(=O)N1CCN(c2ccc(NS(=O)(=O)c3cccc4ccccc34)cc2)CC1. The van der Waals surface area contributed by atoms with Crippen LogP contribution in [-0.4, -0.2) is 52.1 Å². The van der Waals surface area contributed by atoms with Crippen LogP contribution in [0.4, 0.5) is 16.2 Å². The zero-order valence-electron chi connectivity index (χ0n) is 18.8. The summed E-state index contributed by atoms with van der Waals surface area (Å²) < 4.78 is 28.8. The highest BCUT2D eigenvalue weighted by molar-refractivity contribution is 7.93. The molecule has 4 rings (SSSR count). The van der Waals surface area contributed by atoms with E-state index in [1.165, 1.54) is 0 Å². The first kappa shape index (κ1) is 22.9. The van der Waals surface area contributed by atoms with E-state index < -0.39 is 10.0 Å². The van der Waals surface area contributed by atoms with Crippen LogP contribution in [0.3, 0.4) is 0 Å². The third kappa shape index (κ3) is 5.39. The average Bonchev–Trinajstić information content (AvgIpc) is 2.84. The highest BCUT2D eigenvalue weighted by Gasteiger charge is 2.21. The van der Waals surface area contributed by atoms with Gasteiger partial charge in [-0.15, -0.1) is 0 Å². The molecule has 7 nitrogen and oxygen atoms in total. The number of anilines is 2. The van der Waals surface area contributed by atoms with Gasteiger partial charge in [0.15, 0.2) is 0 Å². The van der Waals surface area contributed by atoms with E-state index in [1.54, 1.807) is 24.3 Å². The number of carbonyl (C=O) groups is 1. The van der Waals surface area contributed by atoms with Crippen molar-refractivity contribution in [1.82, 2.24) is 10.2 Å². The molecule has 0 spiro atoms. The molecule has 1 aliphatic heterocycles. The van der Waals surface area contributed by atoms with Crippen LogP contribution in [0.5, 0.6) is 0 Å². The molecule has 1 aliphatic rings. The lowest BCUT2D eigenvalue weighted by molar-refractivity contribution is 0.194. The predicted octanol–water partition coefficient (Wildman–Crippen LogP) is 4.27. The van der Waals surface area contributed by atoms with Crippen molar-refractivity contribution in [2.45, 2.75) is 24.7 Å². The minimum absolute atomic E-state index is 0.00119. The van der Waals surface area contributed by atoms with Gasteiger partial charge in [0.1, 0.15) is 0 Å². The molecule has 1 saturated heterocycles. The van der Waals surface area contributed by atoms with Gasteiger partial charge in [-0.1, -0.05) is 49.7 Å². The van der Waals surface area contributed by atoms with Gasteiger partial charge in [0, 0.05) is 49.5 Å². The maximum Gasteiger partial charge on any atom is 0.317 e. The van der Waals surface area contributed by atoms with Crippen LogP contribution < -0.4 is 14.9 Å². The Labute approximate surface area is 195 Å². The summed E-state index contributed by atoms with van der Waals surface area (Å²) in [5.41, 5.74) is 1.52. The van der Waals surface area contributed by atoms with E-state index in [9.17, 15) is 13.2 Å². The molecule has 0 saturated carbocycles. The number of nitrogens with one attached hydrogen (secondary N) is 2. The molecule has 0 bridgehead atoms. The van der Waals surface area contributed by atoms with Crippen LogP contribution in [-0.2, 0) is 10.0 Å². The molecule has 0 unspecified atom stereocenters. The topological polar surface area (TPSA) is 81.8 Å². The number of carbonyl (C=O) groups excluding carboxylic acids is 1. The van der Waals surface area contributed by atoms with E-state index in [4.69, 9.17) is 0 Å². The van der Waals surface area contributed by atoms with Gasteiger partial charge in [-0.2, -0.15) is 0 Å². The van der Waals surface area contributed by atoms with Crippen LogP contribution in [0.2, 0.25) is 0 Å². The number of hydrogen-bond acceptors (Lipinski definition) is 4. The standard InChI is InChI=1S/C25H30N4O3S/c1-2-3-15-26-25(30)29-18-16-28(17-19-29)22-13-11-21(12-14-22)27-33(31,32)24-10-6-8-20-7-4-5-9-23(20)24/h4-14,27H,2-3,15-19H2,1H3,(H,26,30). The molecule has 2 N–H and O–H groups in total. The second-order valence-electron chi connectivity index (χ2n) is 8.19. The number of fused-ring (bicyclic) bond motifs is 1. The number of nitrogens with zero attached hydrogens (tertiary/aromatic N) is 2. The van der Waals surface area contributed by atoms with Crippen molar-refractivity contribution in [3.05, 3.63) is 66.7 Å². The number of benzene rings is 3. The Morgan fingerprint density at radius 3 is 2.33 bits per heavy atom. The highest BCUT2D eigenvalue weighted by Crippen LogP contribution is 2.26. The number of hydrogen-bond donors (Lipinski definition) is 2. The summed E-state index contributed by atoms with van der Waals surface area (Å²) in [6, 6.07) is 20.1. The Balaban J connectivity index is 1.38. The van der Waals surface area contributed by atoms with Gasteiger partial charge in [0.05, 0.1) is 4.90 Å². The van der Waals surface area contributed by atoms with Gasteiger partial charge in [-0.05, 0) is 42.1 Å². The number of unbranched alkanes of at least 4 members (excludes halogenated alkanes) is 1. The molecule has 0 radical (unpaired) electrons. The number of piperazine rings is 1. The number of rotatable bonds is 7. The maximum absolute atomic E-state index is 13.0. The molecule has 3 aromatic carbocycles. The second kappa shape index (κ2) is 10.1. The lowest BCUT2D eigenvalue weighted by Crippen LogP contribution is -2.52. The number of urea groups is 1. The first-order valence-corrected chi connectivity index (χ1v) is 12.8. The maximum atomic E-state index is 13.0. The smallest absolute Gasteiger partial charge is 0.317 e. The fourth-order valence-corrected chi connectivity index (χ4v) is 5.32. The summed E-state index contributed by atoms with van der Waals surface area (Å²) in [4.78, 5) is 16.5. The van der Waals surface area contributed by atoms with Gasteiger partial charge >= 0.3 is 6.03 Å². The molecule has 33 heavy (non-hydrogen) atoms. The normalized spacial score (nSPS) is 14.3. The number of amides is 2. The van der Waals surface area contributed by atoms with Crippen molar-refractivity contribution in [3.8, 4) is 0 Å². The molecule has 174 valence electrons. The summed E-state index contributed by atoms with van der Waals surface area (Å²) in [5.74, 6) is 0. The molecule has 0 aliphatic carbocycles. The summed E-state index contributed by atoms with van der Waals surface area (Å²) in [6.45, 7) is 5.61. The van der Waals surface area contributed by atoms with Gasteiger partial charge in [0.25, 0.3) is 10.0 Å². The highest BCUT2D eigenvalue weighted by atomic mass is 32.2. The monoisotopic (exact) mass is 466 g/mol. The summed E-state index contributed by atoms with van der Waals surface area (Å²) in [7, 11) is -3.72. The van der Waals surface area contributed by atoms with E-state index in [0.29, 0.717) is 30.7 Å². The van der Waals surface area contributed by atoms with Gasteiger partial charge < -0.3 is 15.1 Å². The minimum atomic E-state index is -3.72. The fraction of sp³-hybridized carbons (Fsp3) is 0.320. The zero-order chi connectivity index (χ0) is 23.3. The molecule has 0 aromatic heterocycles. The Hall–Kier alpha value is -3.26. The van der Waals surface area contributed by atoms with E-state index in [1.807, 2.05) is 47.4 Å². The van der Waals surface area contributed by atoms with Crippen LogP contribution >= 0.6 is 0 Å². The summed E-state index contributed by atoms with van der Waals surface area (Å²) in [5, 5.41) is 4.54. The van der Waals surface area contributed by atoms with Crippen molar-refractivity contribution in [3.63, 3.8) is 0 Å². The molecule has 1 fully saturated rings. The minimum Gasteiger partial charge on any atom is -0.368 e. The van der Waals surface area contributed by atoms with Crippen LogP contribution in [0.25, 0.3) is 10.8 Å². The van der Waals surface area contributed by atoms with E-state index >= 15 is 0 Å². The molecule has 0 atom stereocenters. The lowest BCUT2D eigenvalue weighted by atomic mass is 10.1. The van der Waals surface area contributed by atoms with Gasteiger partial charge in [0.2, 0.25) is 0 Å². The Morgan fingerprint density at radius 1 is 0.909 bits per heavy atom. The zero-order valence-corrected chi connectivity index (χ0v) is 19.6. The second-order valence-corrected chi connectivity index (χ2v) is 9.84. The molecule has 2 amide bonds. The largest absolute Gasteiger partial charge is 0.368 e. The van der Waals surface area contributed by atoms with Gasteiger partial charge in [-0.25, -0.2) is 13.2 Å². The van der Waals surface area contributed by atoms with E-state index in [-0.39, 0.29) is 10.9 Å². The molecular weight excluding hydrogens is 436 g/mol. The first-order chi connectivity index (χ1) is 16.0. The van der Waals surface area contributed by atoms with E-state index in [2.05, 4.69) is 21.9 Å². The van der Waals surface area contributed by atoms with Crippen molar-refractivity contribution >= 4 is 38.2 Å². The quantitative estimate of drug-likeness (QED) is 0.510. The summed E-state index contributed by atoms with van der Waals surface area (Å²) in [6.07, 6.45) is 2.05. The summed E-state index contributed by atoms with van der Waals surface area (Å²) >= 11 is 0. The van der Waals surface area contributed by atoms with Gasteiger partial charge in [-0.3, -0.25) is 4.72 Å². The van der Waals surface area contributed by atoms with E-state index in [0.717, 1.165) is 37.0 Å². The third-order valence-corrected chi connectivity index (χ3v) is 7.34. The van der Waals surface area contributed by atoms with Crippen molar-refractivity contribution < 1.29 is 13.2 Å². The average molecular weight is 467 g/mol. The fourth-order valence-electron chi connectivity index (χ4n) is 4.03. The first-order valence-electron chi connectivity index (χ1n) is 11.4. The molecule has 3 aromatic rings. The van der Waals surface area contributed by atoms with Crippen molar-refractivity contribution in [2.75, 3.05) is 42.3 Å². The molecule has 8 heteroatoms. The van der Waals surface area contributed by atoms with Crippen molar-refractivity contribution in [1.29, 1.82) is 0 Å². The molecule has 1 heterocycles. The number of sulfonamides is 1. The Kier molecular flexibility index (Phi) is 7.03. The lowest BCUT2D eigenvalue weighted by Gasteiger charge is -2.36. The van der Waals surface area contributed by atoms with Crippen LogP contribution in [0, 0.1) is 0 Å². The van der Waals surface area contributed by atoms with Crippen LogP contribution in [0.1, 0.15) is 19.8 Å². The molecular formula is C25H30N4O3S. The predicted molar refractivity (Wildman–Crippen MR) is 133 cm³/mol. The Bertz CT molecular complexity index is 1200.